The van der Waals surface area contributed by atoms with Crippen LogP contribution < -0.4 is 14.8 Å². The minimum Gasteiger partial charge on any atom is -0.495 e. The molecule has 0 spiro atoms. The SMILES string of the molecule is CCCNS(=O)(=O)c1cc(C(=O)Nc2ccccc2C(F)(F)F)ccc1OC. The van der Waals surface area contributed by atoms with Gasteiger partial charge in [0.05, 0.1) is 18.4 Å². The van der Waals surface area contributed by atoms with Crippen LogP contribution in [0.2, 0.25) is 0 Å². The van der Waals surface area contributed by atoms with Gasteiger partial charge in [-0.15, -0.1) is 0 Å². The zero-order valence-corrected chi connectivity index (χ0v) is 15.9. The number of anilines is 1. The second kappa shape index (κ2) is 8.61. The van der Waals surface area contributed by atoms with Crippen molar-refractivity contribution in [2.24, 2.45) is 0 Å². The Labute approximate surface area is 160 Å². The number of methoxy groups -OCH3 is 1. The summed E-state index contributed by atoms with van der Waals surface area (Å²) >= 11 is 0. The number of hydrogen-bond donors (Lipinski definition) is 2. The van der Waals surface area contributed by atoms with Crippen molar-refractivity contribution in [2.45, 2.75) is 24.4 Å². The van der Waals surface area contributed by atoms with E-state index in [9.17, 15) is 26.4 Å². The molecule has 6 nitrogen and oxygen atoms in total. The lowest BCUT2D eigenvalue weighted by molar-refractivity contribution is -0.136. The van der Waals surface area contributed by atoms with Crippen LogP contribution in [0.3, 0.4) is 0 Å². The molecule has 0 unspecified atom stereocenters. The average molecular weight is 416 g/mol. The van der Waals surface area contributed by atoms with E-state index in [-0.39, 0.29) is 22.8 Å². The lowest BCUT2D eigenvalue weighted by Crippen LogP contribution is -2.25. The third-order valence-corrected chi connectivity index (χ3v) is 5.22. The first-order valence-electron chi connectivity index (χ1n) is 8.25. The fraction of sp³-hybridized carbons (Fsp3) is 0.278. The van der Waals surface area contributed by atoms with E-state index in [1.165, 1.54) is 31.4 Å². The van der Waals surface area contributed by atoms with Crippen LogP contribution in [0.25, 0.3) is 0 Å². The maximum atomic E-state index is 13.1. The number of nitrogens with one attached hydrogen (secondary N) is 2. The van der Waals surface area contributed by atoms with Crippen molar-refractivity contribution in [1.29, 1.82) is 0 Å². The summed E-state index contributed by atoms with van der Waals surface area (Å²) in [6.07, 6.45) is -4.10. The van der Waals surface area contributed by atoms with E-state index in [0.717, 1.165) is 18.2 Å². The fourth-order valence-corrected chi connectivity index (χ4v) is 3.70. The summed E-state index contributed by atoms with van der Waals surface area (Å²) in [5.41, 5.74) is -1.56. The molecular formula is C18H19F3N2O4S. The van der Waals surface area contributed by atoms with E-state index >= 15 is 0 Å². The van der Waals surface area contributed by atoms with Crippen LogP contribution in [-0.4, -0.2) is 28.0 Å². The van der Waals surface area contributed by atoms with E-state index in [1.807, 2.05) is 0 Å². The summed E-state index contributed by atoms with van der Waals surface area (Å²) in [6, 6.07) is 8.11. The Morgan fingerprint density at radius 3 is 2.43 bits per heavy atom. The Hall–Kier alpha value is -2.59. The van der Waals surface area contributed by atoms with E-state index < -0.39 is 33.4 Å². The first-order chi connectivity index (χ1) is 13.1. The lowest BCUT2D eigenvalue weighted by atomic mass is 10.1. The monoisotopic (exact) mass is 416 g/mol. The maximum absolute atomic E-state index is 13.1. The molecule has 0 aliphatic heterocycles. The summed E-state index contributed by atoms with van der Waals surface area (Å²) in [5, 5.41) is 2.18. The van der Waals surface area contributed by atoms with Crippen molar-refractivity contribution in [3.63, 3.8) is 0 Å². The number of amides is 1. The van der Waals surface area contributed by atoms with Gasteiger partial charge in [-0.2, -0.15) is 13.2 Å². The first-order valence-corrected chi connectivity index (χ1v) is 9.73. The summed E-state index contributed by atoms with van der Waals surface area (Å²) in [6.45, 7) is 1.96. The third kappa shape index (κ3) is 5.02. The molecule has 0 aliphatic carbocycles. The molecule has 0 aromatic heterocycles. The minimum absolute atomic E-state index is 0.0100. The molecule has 0 saturated carbocycles. The highest BCUT2D eigenvalue weighted by atomic mass is 32.2. The molecule has 0 heterocycles. The number of halogens is 3. The van der Waals surface area contributed by atoms with Crippen molar-refractivity contribution < 1.29 is 31.1 Å². The van der Waals surface area contributed by atoms with Gasteiger partial charge >= 0.3 is 6.18 Å². The van der Waals surface area contributed by atoms with Gasteiger partial charge in [0, 0.05) is 12.1 Å². The summed E-state index contributed by atoms with van der Waals surface area (Å²) in [4.78, 5) is 12.2. The van der Waals surface area contributed by atoms with Gasteiger partial charge in [0.25, 0.3) is 5.91 Å². The predicted molar refractivity (Wildman–Crippen MR) is 97.9 cm³/mol. The highest BCUT2D eigenvalue weighted by Crippen LogP contribution is 2.35. The topological polar surface area (TPSA) is 84.5 Å². The number of hydrogen-bond acceptors (Lipinski definition) is 4. The lowest BCUT2D eigenvalue weighted by Gasteiger charge is -2.15. The van der Waals surface area contributed by atoms with E-state index in [4.69, 9.17) is 4.74 Å². The van der Waals surface area contributed by atoms with E-state index in [1.54, 1.807) is 6.92 Å². The quantitative estimate of drug-likeness (QED) is 0.722. The Balaban J connectivity index is 2.39. The van der Waals surface area contributed by atoms with Crippen LogP contribution in [0.1, 0.15) is 29.3 Å². The highest BCUT2D eigenvalue weighted by molar-refractivity contribution is 7.89. The molecule has 0 bridgehead atoms. The largest absolute Gasteiger partial charge is 0.495 e. The Morgan fingerprint density at radius 1 is 1.14 bits per heavy atom. The van der Waals surface area contributed by atoms with E-state index in [0.29, 0.717) is 6.42 Å². The maximum Gasteiger partial charge on any atom is 0.418 e. The van der Waals surface area contributed by atoms with Crippen LogP contribution in [0.4, 0.5) is 18.9 Å². The number of carbonyl (C=O) groups is 1. The molecule has 2 aromatic carbocycles. The van der Waals surface area contributed by atoms with E-state index in [2.05, 4.69) is 10.0 Å². The summed E-state index contributed by atoms with van der Waals surface area (Å²) in [7, 11) is -2.69. The van der Waals surface area contributed by atoms with Gasteiger partial charge in [-0.1, -0.05) is 19.1 Å². The zero-order chi connectivity index (χ0) is 20.9. The number of alkyl halides is 3. The molecule has 0 atom stereocenters. The van der Waals surface area contributed by atoms with Crippen LogP contribution in [0.15, 0.2) is 47.4 Å². The Bertz CT molecular complexity index is 960. The number of carbonyl (C=O) groups excluding carboxylic acids is 1. The van der Waals surface area contributed by atoms with Crippen LogP contribution in [0.5, 0.6) is 5.75 Å². The van der Waals surface area contributed by atoms with Gasteiger partial charge in [0.2, 0.25) is 10.0 Å². The molecule has 152 valence electrons. The molecule has 0 aliphatic rings. The van der Waals surface area contributed by atoms with Gasteiger partial charge < -0.3 is 10.1 Å². The molecule has 0 fully saturated rings. The normalized spacial score (nSPS) is 11.9. The Morgan fingerprint density at radius 2 is 1.82 bits per heavy atom. The first kappa shape index (κ1) is 21.7. The number of sulfonamides is 1. The van der Waals surface area contributed by atoms with Gasteiger partial charge in [-0.3, -0.25) is 4.79 Å². The summed E-state index contributed by atoms with van der Waals surface area (Å²) in [5.74, 6) is -0.873. The molecular weight excluding hydrogens is 397 g/mol. The van der Waals surface area contributed by atoms with Crippen LogP contribution in [-0.2, 0) is 16.2 Å². The molecule has 0 radical (unpaired) electrons. The molecule has 1 amide bonds. The van der Waals surface area contributed by atoms with Crippen LogP contribution in [0, 0.1) is 0 Å². The molecule has 28 heavy (non-hydrogen) atoms. The smallest absolute Gasteiger partial charge is 0.418 e. The highest BCUT2D eigenvalue weighted by Gasteiger charge is 2.33. The molecule has 2 aromatic rings. The molecule has 2 N–H and O–H groups in total. The van der Waals surface area contributed by atoms with Gasteiger partial charge in [-0.05, 0) is 36.8 Å². The van der Waals surface area contributed by atoms with Gasteiger partial charge in [0.1, 0.15) is 10.6 Å². The van der Waals surface area contributed by atoms with Crippen molar-refractivity contribution in [3.8, 4) is 5.75 Å². The number of ether oxygens (including phenoxy) is 1. The predicted octanol–water partition coefficient (Wildman–Crippen LogP) is 3.65. The third-order valence-electron chi connectivity index (χ3n) is 3.74. The van der Waals surface area contributed by atoms with Crippen molar-refractivity contribution in [3.05, 3.63) is 53.6 Å². The second-order valence-electron chi connectivity index (χ2n) is 5.76. The Kier molecular flexibility index (Phi) is 6.68. The second-order valence-corrected chi connectivity index (χ2v) is 7.50. The van der Waals surface area contributed by atoms with Gasteiger partial charge in [0.15, 0.2) is 0 Å². The molecule has 10 heteroatoms. The van der Waals surface area contributed by atoms with Crippen LogP contribution >= 0.6 is 0 Å². The minimum atomic E-state index is -4.65. The number of rotatable bonds is 7. The molecule has 2 rings (SSSR count). The van der Waals surface area contributed by atoms with Gasteiger partial charge in [-0.25, -0.2) is 13.1 Å². The number of para-hydroxylation sites is 1. The summed E-state index contributed by atoms with van der Waals surface area (Å²) < 4.78 is 71.5. The average Bonchev–Trinajstić information content (AvgIpc) is 2.65. The standard InChI is InChI=1S/C18H19F3N2O4S/c1-3-10-22-28(25,26)16-11-12(8-9-15(16)27-2)17(24)23-14-7-5-4-6-13(14)18(19,20)21/h4-9,11,22H,3,10H2,1-2H3,(H,23,24). The fourth-order valence-electron chi connectivity index (χ4n) is 2.38. The van der Waals surface area contributed by atoms with Crippen molar-refractivity contribution in [2.75, 3.05) is 19.0 Å². The zero-order valence-electron chi connectivity index (χ0n) is 15.1. The van der Waals surface area contributed by atoms with Crippen molar-refractivity contribution in [1.82, 2.24) is 4.72 Å². The van der Waals surface area contributed by atoms with Crippen molar-refractivity contribution >= 4 is 21.6 Å². The number of benzene rings is 2. The molecule has 0 saturated heterocycles.